The number of phenols is 1. The molecule has 0 saturated carbocycles. The van der Waals surface area contributed by atoms with Gasteiger partial charge in [-0.25, -0.2) is 9.59 Å². The molecule has 29 heavy (non-hydrogen) atoms. The number of nitrogens with one attached hydrogen (secondary N) is 2. The predicted molar refractivity (Wildman–Crippen MR) is 111 cm³/mol. The van der Waals surface area contributed by atoms with Crippen LogP contribution in [0.2, 0.25) is 0 Å². The highest BCUT2D eigenvalue weighted by atomic mass is 16.3. The number of nitrogens with two attached hydrogens (primary N) is 2. The van der Waals surface area contributed by atoms with Crippen molar-refractivity contribution < 1.29 is 14.7 Å². The van der Waals surface area contributed by atoms with E-state index in [0.717, 1.165) is 11.1 Å². The minimum absolute atomic E-state index is 0.0995. The predicted octanol–water partition coefficient (Wildman–Crippen LogP) is 3.60. The van der Waals surface area contributed by atoms with Crippen molar-refractivity contribution in [3.63, 3.8) is 0 Å². The second-order valence-corrected chi connectivity index (χ2v) is 5.71. The van der Waals surface area contributed by atoms with Gasteiger partial charge in [0.25, 0.3) is 0 Å². The molecule has 0 aliphatic carbocycles. The third kappa shape index (κ3) is 6.01. The Balaban J connectivity index is 0.000000687. The van der Waals surface area contributed by atoms with E-state index in [1.54, 1.807) is 12.1 Å². The van der Waals surface area contributed by atoms with E-state index in [9.17, 15) is 9.90 Å². The quantitative estimate of drug-likeness (QED) is 0.434. The molecule has 0 aliphatic rings. The summed E-state index contributed by atoms with van der Waals surface area (Å²) < 4.78 is 0. The Hall–Kier alpha value is -4.51. The number of carbonyl (C=O) groups is 2. The van der Waals surface area contributed by atoms with Crippen LogP contribution in [0.25, 0.3) is 11.1 Å². The zero-order valence-corrected chi connectivity index (χ0v) is 15.3. The van der Waals surface area contributed by atoms with E-state index in [1.807, 2.05) is 54.6 Å². The van der Waals surface area contributed by atoms with Gasteiger partial charge in [-0.3, -0.25) is 0 Å². The number of anilines is 2. The zero-order valence-electron chi connectivity index (χ0n) is 15.3. The number of para-hydroxylation sites is 2. The molecular weight excluding hydrogens is 370 g/mol. The van der Waals surface area contributed by atoms with Gasteiger partial charge in [-0.05, 0) is 23.8 Å². The number of hydrogen-bond donors (Lipinski definition) is 5. The van der Waals surface area contributed by atoms with Crippen LogP contribution in [0.4, 0.5) is 21.0 Å². The lowest BCUT2D eigenvalue weighted by Crippen LogP contribution is -2.20. The Morgan fingerprint density at radius 1 is 0.828 bits per heavy atom. The monoisotopic (exact) mass is 389 g/mol. The lowest BCUT2D eigenvalue weighted by Gasteiger charge is -2.13. The molecular formula is C21H19N5O3. The molecule has 8 heteroatoms. The number of urea groups is 2. The second-order valence-electron chi connectivity index (χ2n) is 5.71. The van der Waals surface area contributed by atoms with E-state index in [1.165, 1.54) is 12.1 Å². The van der Waals surface area contributed by atoms with Crippen molar-refractivity contribution in [3.05, 3.63) is 78.4 Å². The summed E-state index contributed by atoms with van der Waals surface area (Å²) in [6.07, 6.45) is 0. The molecule has 4 amide bonds. The average molecular weight is 389 g/mol. The first-order chi connectivity index (χ1) is 13.9. The van der Waals surface area contributed by atoms with Gasteiger partial charge in [0.1, 0.15) is 6.07 Å². The van der Waals surface area contributed by atoms with Gasteiger partial charge in [-0.15, -0.1) is 0 Å². The second kappa shape index (κ2) is 9.99. The van der Waals surface area contributed by atoms with E-state index in [2.05, 4.69) is 22.1 Å². The molecule has 0 heterocycles. The van der Waals surface area contributed by atoms with Crippen molar-refractivity contribution in [3.8, 4) is 22.9 Å². The molecule has 0 unspecified atom stereocenters. The molecule has 0 atom stereocenters. The van der Waals surface area contributed by atoms with Crippen LogP contribution < -0.4 is 22.1 Å². The van der Waals surface area contributed by atoms with Crippen LogP contribution in [0.1, 0.15) is 5.56 Å². The molecule has 0 radical (unpaired) electrons. The molecule has 0 bridgehead atoms. The highest BCUT2D eigenvalue weighted by molar-refractivity contribution is 6.03. The number of rotatable bonds is 3. The van der Waals surface area contributed by atoms with Crippen LogP contribution in [-0.4, -0.2) is 17.2 Å². The van der Waals surface area contributed by atoms with Crippen molar-refractivity contribution >= 4 is 23.4 Å². The molecule has 146 valence electrons. The number of benzene rings is 3. The van der Waals surface area contributed by atoms with Gasteiger partial charge < -0.3 is 27.2 Å². The standard InChI is InChI=1S/C20H15N3O2.CH4N2O/c21-13-15-9-6-12-18(19(15)24)23-20(25)22-17-11-5-4-10-16(17)14-7-2-1-3-8-14;2-1(3)4/h1-12,24H,(H2,22,23,25);(H4,2,3,4). The fourth-order valence-electron chi connectivity index (χ4n) is 2.47. The SMILES string of the molecule is N#Cc1cccc(NC(=O)Nc2ccccc2-c2ccccc2)c1O.NC(N)=O. The van der Waals surface area contributed by atoms with E-state index >= 15 is 0 Å². The normalized spacial score (nSPS) is 9.34. The molecule has 0 spiro atoms. The summed E-state index contributed by atoms with van der Waals surface area (Å²) in [6, 6.07) is 22.3. The summed E-state index contributed by atoms with van der Waals surface area (Å²) in [7, 11) is 0. The summed E-state index contributed by atoms with van der Waals surface area (Å²) in [6.45, 7) is 0. The Kier molecular flexibility index (Phi) is 7.16. The van der Waals surface area contributed by atoms with Gasteiger partial charge >= 0.3 is 12.1 Å². The largest absolute Gasteiger partial charge is 0.504 e. The van der Waals surface area contributed by atoms with Crippen molar-refractivity contribution in [1.29, 1.82) is 5.26 Å². The Bertz CT molecular complexity index is 1040. The molecule has 0 aliphatic heterocycles. The van der Waals surface area contributed by atoms with Crippen LogP contribution >= 0.6 is 0 Å². The molecule has 0 saturated heterocycles. The fraction of sp³-hybridized carbons (Fsp3) is 0. The molecule has 3 aromatic rings. The third-order valence-electron chi connectivity index (χ3n) is 3.66. The van der Waals surface area contributed by atoms with Gasteiger partial charge in [-0.2, -0.15) is 5.26 Å². The van der Waals surface area contributed by atoms with Crippen molar-refractivity contribution in [2.45, 2.75) is 0 Å². The molecule has 8 nitrogen and oxygen atoms in total. The average Bonchev–Trinajstić information content (AvgIpc) is 2.70. The van der Waals surface area contributed by atoms with Crippen molar-refractivity contribution in [2.24, 2.45) is 11.5 Å². The van der Waals surface area contributed by atoms with E-state index in [0.29, 0.717) is 5.69 Å². The smallest absolute Gasteiger partial charge is 0.323 e. The van der Waals surface area contributed by atoms with Crippen LogP contribution in [0, 0.1) is 11.3 Å². The van der Waals surface area contributed by atoms with Gasteiger partial charge in [0, 0.05) is 5.56 Å². The topological polar surface area (TPSA) is 154 Å². The van der Waals surface area contributed by atoms with Crippen LogP contribution in [0.5, 0.6) is 5.75 Å². The fourth-order valence-corrected chi connectivity index (χ4v) is 2.47. The maximum Gasteiger partial charge on any atom is 0.323 e. The third-order valence-corrected chi connectivity index (χ3v) is 3.66. The van der Waals surface area contributed by atoms with Crippen LogP contribution in [0.3, 0.4) is 0 Å². The van der Waals surface area contributed by atoms with Crippen molar-refractivity contribution in [1.82, 2.24) is 0 Å². The van der Waals surface area contributed by atoms with E-state index in [-0.39, 0.29) is 17.0 Å². The lowest BCUT2D eigenvalue weighted by molar-refractivity contribution is 0.256. The summed E-state index contributed by atoms with van der Waals surface area (Å²) in [5.74, 6) is -0.253. The van der Waals surface area contributed by atoms with Crippen molar-refractivity contribution in [2.75, 3.05) is 10.6 Å². The van der Waals surface area contributed by atoms with E-state index in [4.69, 9.17) is 10.1 Å². The first-order valence-electron chi connectivity index (χ1n) is 8.41. The number of phenolic OH excluding ortho intramolecular Hbond substituents is 1. The van der Waals surface area contributed by atoms with Gasteiger partial charge in [0.05, 0.1) is 16.9 Å². The van der Waals surface area contributed by atoms with Crippen LogP contribution in [-0.2, 0) is 0 Å². The Morgan fingerprint density at radius 3 is 2.03 bits per heavy atom. The lowest BCUT2D eigenvalue weighted by atomic mass is 10.0. The van der Waals surface area contributed by atoms with Gasteiger partial charge in [-0.1, -0.05) is 54.6 Å². The number of hydrogen-bond acceptors (Lipinski definition) is 4. The number of primary amides is 2. The molecule has 3 aromatic carbocycles. The Morgan fingerprint density at radius 2 is 1.38 bits per heavy atom. The number of amides is 4. The number of nitriles is 1. The summed E-state index contributed by atoms with van der Waals surface area (Å²) in [5.41, 5.74) is 11.3. The summed E-state index contributed by atoms with van der Waals surface area (Å²) in [5, 5.41) is 24.2. The van der Waals surface area contributed by atoms with Crippen LogP contribution in [0.15, 0.2) is 72.8 Å². The molecule has 0 fully saturated rings. The zero-order chi connectivity index (χ0) is 21.2. The summed E-state index contributed by atoms with van der Waals surface area (Å²) >= 11 is 0. The molecule has 3 rings (SSSR count). The maximum absolute atomic E-state index is 12.3. The summed E-state index contributed by atoms with van der Waals surface area (Å²) in [4.78, 5) is 21.3. The van der Waals surface area contributed by atoms with Gasteiger partial charge in [0.15, 0.2) is 5.75 Å². The Labute approximate surface area is 167 Å². The minimum atomic E-state index is -0.833. The first-order valence-corrected chi connectivity index (χ1v) is 8.41. The number of nitrogens with zero attached hydrogens (tertiary/aromatic N) is 1. The number of aromatic hydroxyl groups is 1. The minimum Gasteiger partial charge on any atom is -0.504 e. The van der Waals surface area contributed by atoms with Gasteiger partial charge in [0.2, 0.25) is 0 Å². The molecule has 0 aromatic heterocycles. The highest BCUT2D eigenvalue weighted by Crippen LogP contribution is 2.29. The van der Waals surface area contributed by atoms with E-state index < -0.39 is 12.1 Å². The first kappa shape index (κ1) is 20.8. The molecule has 7 N–H and O–H groups in total. The highest BCUT2D eigenvalue weighted by Gasteiger charge is 2.12. The number of carbonyl (C=O) groups excluding carboxylic acids is 2. The maximum atomic E-state index is 12.3.